The van der Waals surface area contributed by atoms with Crippen LogP contribution in [0.3, 0.4) is 0 Å². The second kappa shape index (κ2) is 17.6. The van der Waals surface area contributed by atoms with Gasteiger partial charge >= 0.3 is 12.1 Å². The van der Waals surface area contributed by atoms with Gasteiger partial charge in [0.2, 0.25) is 11.8 Å². The maximum atomic E-state index is 13.5. The van der Waals surface area contributed by atoms with Gasteiger partial charge in [-0.3, -0.25) is 9.59 Å². The molecule has 0 saturated heterocycles. The smallest absolute Gasteiger partial charge is 0.408 e. The van der Waals surface area contributed by atoms with E-state index in [2.05, 4.69) is 16.0 Å². The van der Waals surface area contributed by atoms with Crippen LogP contribution in [0.4, 0.5) is 4.79 Å². The number of allylic oxidation sites excluding steroid dienone is 1. The number of amides is 3. The first-order chi connectivity index (χ1) is 21.9. The normalized spacial score (nSPS) is 21.8. The second-order valence-electron chi connectivity index (χ2n) is 11.6. The molecule has 0 spiro atoms. The number of hydrogen-bond acceptors (Lipinski definition) is 8. The molecular weight excluding hydrogens is 594 g/mol. The lowest BCUT2D eigenvalue weighted by atomic mass is 9.95. The number of esters is 1. The molecule has 0 unspecified atom stereocenters. The predicted octanol–water partition coefficient (Wildman–Crippen LogP) is 4.02. The molecule has 11 heteroatoms. The lowest BCUT2D eigenvalue weighted by molar-refractivity contribution is -0.147. The number of thioether (sulfide) groups is 1. The number of nitrogens with one attached hydrogen (secondary N) is 3. The van der Waals surface area contributed by atoms with Crippen molar-refractivity contribution < 1.29 is 33.8 Å². The Morgan fingerprint density at radius 3 is 2.33 bits per heavy atom. The first kappa shape index (κ1) is 34.1. The fourth-order valence-corrected chi connectivity index (χ4v) is 6.48. The van der Waals surface area contributed by atoms with E-state index in [0.29, 0.717) is 24.3 Å². The minimum absolute atomic E-state index is 0.0465. The van der Waals surface area contributed by atoms with E-state index in [-0.39, 0.29) is 50.9 Å². The lowest BCUT2D eigenvalue weighted by Gasteiger charge is -2.29. The van der Waals surface area contributed by atoms with Crippen LogP contribution in [-0.2, 0) is 36.2 Å². The number of hydrogen-bond donors (Lipinski definition) is 4. The molecule has 1 heterocycles. The first-order valence-electron chi connectivity index (χ1n) is 15.5. The summed E-state index contributed by atoms with van der Waals surface area (Å²) in [6.45, 7) is -0.179. The molecule has 0 aromatic heterocycles. The van der Waals surface area contributed by atoms with Gasteiger partial charge in [-0.15, -0.1) is 0 Å². The molecule has 1 aliphatic carbocycles. The molecule has 1 saturated carbocycles. The number of carbonyl (C=O) groups excluding carboxylic acids is 4. The molecule has 2 aliphatic rings. The molecule has 3 amide bonds. The minimum atomic E-state index is -0.995. The summed E-state index contributed by atoms with van der Waals surface area (Å²) >= 11 is 1.59. The van der Waals surface area contributed by atoms with Crippen LogP contribution in [0.1, 0.15) is 56.1 Å². The summed E-state index contributed by atoms with van der Waals surface area (Å²) in [6, 6.07) is 17.6. The Balaban J connectivity index is 1.43. The van der Waals surface area contributed by atoms with Gasteiger partial charge < -0.3 is 30.5 Å². The molecule has 1 aliphatic heterocycles. The van der Waals surface area contributed by atoms with Crippen molar-refractivity contribution in [2.75, 3.05) is 19.0 Å². The Morgan fingerprint density at radius 1 is 0.978 bits per heavy atom. The van der Waals surface area contributed by atoms with Crippen LogP contribution in [0.15, 0.2) is 72.8 Å². The van der Waals surface area contributed by atoms with Crippen LogP contribution in [0, 0.1) is 5.92 Å². The number of alkyl carbamates (subject to hydrolysis) is 1. The van der Waals surface area contributed by atoms with Crippen molar-refractivity contribution >= 4 is 35.6 Å². The number of benzene rings is 2. The molecule has 2 aromatic carbocycles. The molecular formula is C34H43N3O7S. The highest BCUT2D eigenvalue weighted by molar-refractivity contribution is 7.98. The fourth-order valence-electron chi connectivity index (χ4n) is 5.47. The summed E-state index contributed by atoms with van der Waals surface area (Å²) in [7, 11) is 0. The zero-order valence-corrected chi connectivity index (χ0v) is 26.3. The third kappa shape index (κ3) is 11.2. The van der Waals surface area contributed by atoms with E-state index in [1.807, 2.05) is 60.7 Å². The van der Waals surface area contributed by atoms with E-state index in [9.17, 15) is 24.3 Å². The molecule has 242 valence electrons. The number of rotatable bonds is 11. The van der Waals surface area contributed by atoms with Gasteiger partial charge in [0, 0.05) is 17.9 Å². The molecule has 3 atom stereocenters. The number of ether oxygens (including phenoxy) is 2. The van der Waals surface area contributed by atoms with Gasteiger partial charge in [-0.25, -0.2) is 9.59 Å². The SMILES string of the molecule is O=C(C[C@H]1CC=CC[C@@H](NC(=O)OCc2ccccc2)C(=O)OC[C@H](CSCc2ccccc2)NC1=O)NC1(CO)CCCC1. The number of aliphatic hydroxyl groups excluding tert-OH is 1. The number of carbonyl (C=O) groups is 4. The van der Waals surface area contributed by atoms with E-state index in [4.69, 9.17) is 9.47 Å². The van der Waals surface area contributed by atoms with Crippen LogP contribution in [0.5, 0.6) is 0 Å². The van der Waals surface area contributed by atoms with E-state index >= 15 is 0 Å². The standard InChI is InChI=1S/C34H43N3O7S/c38-24-34(17-9-10-18-34)37-30(39)19-27-15-7-8-16-29(36-33(42)44-20-25-11-3-1-4-12-25)32(41)43-21-28(35-31(27)40)23-45-22-26-13-5-2-6-14-26/h1-8,11-14,27-29,38H,9-10,15-24H2,(H,35,40)(H,36,42)(H,37,39)/t27-,28-,29-/m1/s1. The third-order valence-electron chi connectivity index (χ3n) is 8.02. The third-order valence-corrected chi connectivity index (χ3v) is 9.20. The van der Waals surface area contributed by atoms with Crippen molar-refractivity contribution in [3.8, 4) is 0 Å². The zero-order valence-electron chi connectivity index (χ0n) is 25.5. The molecule has 45 heavy (non-hydrogen) atoms. The van der Waals surface area contributed by atoms with Crippen LogP contribution < -0.4 is 16.0 Å². The fraction of sp³-hybridized carbons (Fsp3) is 0.471. The molecule has 0 radical (unpaired) electrons. The Hall–Kier alpha value is -3.83. The summed E-state index contributed by atoms with van der Waals surface area (Å²) in [5.41, 5.74) is 1.31. The Morgan fingerprint density at radius 2 is 1.64 bits per heavy atom. The molecule has 4 N–H and O–H groups in total. The van der Waals surface area contributed by atoms with Crippen molar-refractivity contribution in [1.82, 2.24) is 16.0 Å². The summed E-state index contributed by atoms with van der Waals surface area (Å²) in [5, 5.41) is 18.5. The lowest BCUT2D eigenvalue weighted by Crippen LogP contribution is -2.51. The Labute approximate surface area is 268 Å². The first-order valence-corrected chi connectivity index (χ1v) is 16.6. The van der Waals surface area contributed by atoms with Crippen LogP contribution in [-0.4, -0.2) is 65.6 Å². The highest BCUT2D eigenvalue weighted by atomic mass is 32.2. The number of aliphatic hydroxyl groups is 1. The molecule has 10 nitrogen and oxygen atoms in total. The van der Waals surface area contributed by atoms with Crippen molar-refractivity contribution in [3.63, 3.8) is 0 Å². The highest BCUT2D eigenvalue weighted by Crippen LogP contribution is 2.29. The average Bonchev–Trinajstić information content (AvgIpc) is 3.52. The monoisotopic (exact) mass is 637 g/mol. The summed E-state index contributed by atoms with van der Waals surface area (Å²) < 4.78 is 10.9. The van der Waals surface area contributed by atoms with Crippen molar-refractivity contribution in [1.29, 1.82) is 0 Å². The van der Waals surface area contributed by atoms with E-state index in [0.717, 1.165) is 24.0 Å². The summed E-state index contributed by atoms with van der Waals surface area (Å²) in [6.07, 6.45) is 6.32. The van der Waals surface area contributed by atoms with Gasteiger partial charge in [0.25, 0.3) is 0 Å². The van der Waals surface area contributed by atoms with Gasteiger partial charge in [-0.1, -0.05) is 85.7 Å². The van der Waals surface area contributed by atoms with Gasteiger partial charge in [0.05, 0.1) is 24.1 Å². The van der Waals surface area contributed by atoms with Crippen molar-refractivity contribution in [3.05, 3.63) is 83.9 Å². The van der Waals surface area contributed by atoms with Crippen LogP contribution >= 0.6 is 11.8 Å². The highest BCUT2D eigenvalue weighted by Gasteiger charge is 2.36. The Kier molecular flexibility index (Phi) is 13.3. The molecule has 0 bridgehead atoms. The summed E-state index contributed by atoms with van der Waals surface area (Å²) in [5.74, 6) is -0.721. The largest absolute Gasteiger partial charge is 0.462 e. The van der Waals surface area contributed by atoms with Gasteiger partial charge in [0.15, 0.2) is 0 Å². The molecule has 1 fully saturated rings. The predicted molar refractivity (Wildman–Crippen MR) is 172 cm³/mol. The zero-order chi connectivity index (χ0) is 31.9. The topological polar surface area (TPSA) is 143 Å². The van der Waals surface area contributed by atoms with Crippen molar-refractivity contribution in [2.24, 2.45) is 5.92 Å². The second-order valence-corrected chi connectivity index (χ2v) is 12.7. The Bertz CT molecular complexity index is 1290. The number of cyclic esters (lactones) is 1. The minimum Gasteiger partial charge on any atom is -0.462 e. The van der Waals surface area contributed by atoms with Crippen LogP contribution in [0.25, 0.3) is 0 Å². The van der Waals surface area contributed by atoms with E-state index in [1.165, 1.54) is 0 Å². The van der Waals surface area contributed by atoms with E-state index < -0.39 is 35.6 Å². The molecule has 2 aromatic rings. The maximum absolute atomic E-state index is 13.5. The average molecular weight is 638 g/mol. The van der Waals surface area contributed by atoms with E-state index in [1.54, 1.807) is 23.9 Å². The van der Waals surface area contributed by atoms with Crippen LogP contribution in [0.2, 0.25) is 0 Å². The van der Waals surface area contributed by atoms with Crippen molar-refractivity contribution in [2.45, 2.75) is 74.9 Å². The van der Waals surface area contributed by atoms with Gasteiger partial charge in [-0.05, 0) is 36.8 Å². The maximum Gasteiger partial charge on any atom is 0.408 e. The quantitative estimate of drug-likeness (QED) is 0.214. The van der Waals surface area contributed by atoms with Gasteiger partial charge in [0.1, 0.15) is 19.3 Å². The molecule has 4 rings (SSSR count). The van der Waals surface area contributed by atoms with Gasteiger partial charge in [-0.2, -0.15) is 11.8 Å². The summed E-state index contributed by atoms with van der Waals surface area (Å²) in [4.78, 5) is 52.2.